The summed E-state index contributed by atoms with van der Waals surface area (Å²) in [5.41, 5.74) is 7.51. The number of hydrogen-bond acceptors (Lipinski definition) is 5. The van der Waals surface area contributed by atoms with Crippen LogP contribution in [0.2, 0.25) is 0 Å². The Balaban J connectivity index is 1.99. The van der Waals surface area contributed by atoms with Crippen LogP contribution in [0.1, 0.15) is 18.0 Å². The van der Waals surface area contributed by atoms with Crippen LogP contribution in [-0.2, 0) is 0 Å². The molecule has 124 valence electrons. The summed E-state index contributed by atoms with van der Waals surface area (Å²) in [5.74, 6) is 0.729. The molecule has 0 spiro atoms. The average Bonchev–Trinajstić information content (AvgIpc) is 2.58. The number of aromatic nitrogens is 1. The Bertz CT molecular complexity index is 682. The number of methoxy groups -OCH3 is 1. The fraction of sp³-hybridized carbons (Fsp3) is 0.471. The van der Waals surface area contributed by atoms with Gasteiger partial charge in [0.2, 0.25) is 0 Å². The number of alkyl halides is 1. The van der Waals surface area contributed by atoms with E-state index in [-0.39, 0.29) is 19.2 Å². The van der Waals surface area contributed by atoms with Crippen molar-refractivity contribution in [3.05, 3.63) is 36.0 Å². The topological polar surface area (TPSA) is 71.6 Å². The van der Waals surface area contributed by atoms with Crippen LogP contribution in [0.3, 0.4) is 0 Å². The van der Waals surface area contributed by atoms with Gasteiger partial charge in [-0.05, 0) is 36.2 Å². The van der Waals surface area contributed by atoms with Gasteiger partial charge >= 0.3 is 0 Å². The molecule has 1 aliphatic heterocycles. The quantitative estimate of drug-likeness (QED) is 0.896. The van der Waals surface area contributed by atoms with Crippen molar-refractivity contribution >= 4 is 10.9 Å². The lowest BCUT2D eigenvalue weighted by atomic mass is 9.97. The van der Waals surface area contributed by atoms with E-state index in [0.717, 1.165) is 22.2 Å². The van der Waals surface area contributed by atoms with Crippen LogP contribution in [0.15, 0.2) is 30.5 Å². The minimum Gasteiger partial charge on any atom is -0.497 e. The summed E-state index contributed by atoms with van der Waals surface area (Å²) in [6, 6.07) is 6.83. The van der Waals surface area contributed by atoms with Crippen molar-refractivity contribution in [2.45, 2.75) is 24.7 Å². The van der Waals surface area contributed by atoms with Gasteiger partial charge in [-0.2, -0.15) is 0 Å². The normalized spacial score (nSPS) is 23.8. The van der Waals surface area contributed by atoms with E-state index < -0.39 is 12.2 Å². The third-order valence-corrected chi connectivity index (χ3v) is 4.58. The van der Waals surface area contributed by atoms with Gasteiger partial charge in [-0.1, -0.05) is 0 Å². The first kappa shape index (κ1) is 16.1. The Labute approximate surface area is 134 Å². The van der Waals surface area contributed by atoms with Crippen LogP contribution in [0, 0.1) is 0 Å². The summed E-state index contributed by atoms with van der Waals surface area (Å²) < 4.78 is 19.3. The summed E-state index contributed by atoms with van der Waals surface area (Å²) in [6.07, 6.45) is 1.24. The van der Waals surface area contributed by atoms with Crippen LogP contribution in [0.4, 0.5) is 4.39 Å². The zero-order valence-corrected chi connectivity index (χ0v) is 13.2. The largest absolute Gasteiger partial charge is 0.497 e. The number of aliphatic hydroxyl groups is 1. The van der Waals surface area contributed by atoms with Crippen molar-refractivity contribution in [2.24, 2.45) is 5.73 Å². The zero-order chi connectivity index (χ0) is 16.4. The molecule has 2 heterocycles. The number of rotatable bonds is 4. The number of nitrogens with two attached hydrogens (primary N) is 1. The van der Waals surface area contributed by atoms with Gasteiger partial charge in [-0.3, -0.25) is 9.88 Å². The lowest BCUT2D eigenvalue weighted by Crippen LogP contribution is -2.50. The molecule has 2 aromatic rings. The lowest BCUT2D eigenvalue weighted by Gasteiger charge is -2.38. The molecule has 23 heavy (non-hydrogen) atoms. The second-order valence-electron chi connectivity index (χ2n) is 5.95. The molecule has 0 bridgehead atoms. The summed E-state index contributed by atoms with van der Waals surface area (Å²) in [4.78, 5) is 6.32. The highest BCUT2D eigenvalue weighted by molar-refractivity contribution is 5.84. The van der Waals surface area contributed by atoms with Gasteiger partial charge in [0, 0.05) is 30.7 Å². The second kappa shape index (κ2) is 6.78. The van der Waals surface area contributed by atoms with E-state index in [1.165, 1.54) is 0 Å². The molecule has 2 unspecified atom stereocenters. The first-order valence-corrected chi connectivity index (χ1v) is 7.81. The Morgan fingerprint density at radius 1 is 1.48 bits per heavy atom. The number of nitrogens with zero attached hydrogens (tertiary/aromatic N) is 2. The Morgan fingerprint density at radius 2 is 2.30 bits per heavy atom. The molecule has 0 amide bonds. The Hall–Kier alpha value is -1.76. The molecule has 0 saturated carbocycles. The first-order valence-electron chi connectivity index (χ1n) is 7.81. The number of fused-ring (bicyclic) bond motifs is 1. The second-order valence-corrected chi connectivity index (χ2v) is 5.95. The van der Waals surface area contributed by atoms with Crippen LogP contribution < -0.4 is 10.5 Å². The highest BCUT2D eigenvalue weighted by Gasteiger charge is 2.31. The monoisotopic (exact) mass is 319 g/mol. The highest BCUT2D eigenvalue weighted by Crippen LogP contribution is 2.31. The summed E-state index contributed by atoms with van der Waals surface area (Å²) in [6.45, 7) is 0.819. The maximum Gasteiger partial charge on any atom is 0.128 e. The molecular formula is C17H22FN3O2. The van der Waals surface area contributed by atoms with Crippen LogP contribution >= 0.6 is 0 Å². The highest BCUT2D eigenvalue weighted by atomic mass is 19.1. The van der Waals surface area contributed by atoms with E-state index in [0.29, 0.717) is 13.0 Å². The smallest absolute Gasteiger partial charge is 0.128 e. The maximum absolute atomic E-state index is 14.0. The van der Waals surface area contributed by atoms with E-state index >= 15 is 0 Å². The first-order chi connectivity index (χ1) is 11.1. The lowest BCUT2D eigenvalue weighted by molar-refractivity contribution is 0.0558. The number of benzene rings is 1. The number of hydrogen-bond donors (Lipinski definition) is 2. The third kappa shape index (κ3) is 3.15. The fourth-order valence-corrected chi connectivity index (χ4v) is 3.20. The van der Waals surface area contributed by atoms with Crippen molar-refractivity contribution in [3.63, 3.8) is 0 Å². The van der Waals surface area contributed by atoms with E-state index in [2.05, 4.69) is 4.98 Å². The van der Waals surface area contributed by atoms with Crippen molar-refractivity contribution in [3.8, 4) is 5.75 Å². The zero-order valence-electron chi connectivity index (χ0n) is 13.2. The van der Waals surface area contributed by atoms with Gasteiger partial charge in [0.25, 0.3) is 0 Å². The SMILES string of the molecule is COc1ccc2nccc([C@H](CO)N3CCC(N)C(F)C3)c2c1. The summed E-state index contributed by atoms with van der Waals surface area (Å²) in [5, 5.41) is 10.8. The van der Waals surface area contributed by atoms with Crippen molar-refractivity contribution in [2.75, 3.05) is 26.8 Å². The minimum absolute atomic E-state index is 0.0850. The molecule has 5 nitrogen and oxygen atoms in total. The standard InChI is InChI=1S/C17H22FN3O2/c1-23-11-2-3-16-13(8-11)12(4-6-20-16)17(10-22)21-7-5-15(19)14(18)9-21/h2-4,6,8,14-15,17,22H,5,7,9-10,19H2,1H3/t14?,15?,17-/m0/s1. The van der Waals surface area contributed by atoms with Crippen molar-refractivity contribution < 1.29 is 14.2 Å². The van der Waals surface area contributed by atoms with E-state index in [1.54, 1.807) is 13.3 Å². The van der Waals surface area contributed by atoms with Gasteiger partial charge in [-0.25, -0.2) is 4.39 Å². The van der Waals surface area contributed by atoms with Crippen molar-refractivity contribution in [1.29, 1.82) is 0 Å². The predicted molar refractivity (Wildman–Crippen MR) is 87.2 cm³/mol. The molecule has 3 rings (SSSR count). The Kier molecular flexibility index (Phi) is 4.75. The van der Waals surface area contributed by atoms with Crippen LogP contribution in [0.25, 0.3) is 10.9 Å². The molecule has 0 radical (unpaired) electrons. The van der Waals surface area contributed by atoms with E-state index in [9.17, 15) is 9.50 Å². The number of halogens is 1. The molecule has 0 aliphatic carbocycles. The Morgan fingerprint density at radius 3 is 3.00 bits per heavy atom. The molecule has 1 aromatic carbocycles. The van der Waals surface area contributed by atoms with E-state index in [4.69, 9.17) is 10.5 Å². The average molecular weight is 319 g/mol. The van der Waals surface area contributed by atoms with Crippen molar-refractivity contribution in [1.82, 2.24) is 9.88 Å². The predicted octanol–water partition coefficient (Wildman–Crippen LogP) is 1.65. The van der Waals surface area contributed by atoms with Gasteiger partial charge in [-0.15, -0.1) is 0 Å². The van der Waals surface area contributed by atoms with E-state index in [1.807, 2.05) is 29.2 Å². The molecular weight excluding hydrogens is 297 g/mol. The number of likely N-dealkylation sites (tertiary alicyclic amines) is 1. The molecule has 1 fully saturated rings. The minimum atomic E-state index is -1.07. The van der Waals surface area contributed by atoms with Gasteiger partial charge in [0.15, 0.2) is 0 Å². The molecule has 1 saturated heterocycles. The molecule has 1 aliphatic rings. The number of aliphatic hydroxyl groups excluding tert-OH is 1. The summed E-state index contributed by atoms with van der Waals surface area (Å²) >= 11 is 0. The third-order valence-electron chi connectivity index (χ3n) is 4.58. The number of ether oxygens (including phenoxy) is 1. The number of pyridine rings is 1. The molecule has 1 aromatic heterocycles. The van der Waals surface area contributed by atoms with Gasteiger partial charge in [0.1, 0.15) is 11.9 Å². The number of piperidine rings is 1. The molecule has 6 heteroatoms. The molecule has 3 atom stereocenters. The van der Waals surface area contributed by atoms with Crippen LogP contribution in [-0.4, -0.2) is 54.0 Å². The maximum atomic E-state index is 14.0. The van der Waals surface area contributed by atoms with Crippen LogP contribution in [0.5, 0.6) is 5.75 Å². The fourth-order valence-electron chi connectivity index (χ4n) is 3.20. The molecule has 3 N–H and O–H groups in total. The van der Waals surface area contributed by atoms with Gasteiger partial charge < -0.3 is 15.6 Å². The van der Waals surface area contributed by atoms with Gasteiger partial charge in [0.05, 0.1) is 25.3 Å². The summed E-state index contributed by atoms with van der Waals surface area (Å²) in [7, 11) is 1.61.